The van der Waals surface area contributed by atoms with E-state index in [9.17, 15) is 0 Å². The summed E-state index contributed by atoms with van der Waals surface area (Å²) in [5.74, 6) is 0. The van der Waals surface area contributed by atoms with Crippen LogP contribution in [0.1, 0.15) is 30.5 Å². The third-order valence-corrected chi connectivity index (χ3v) is 5.23. The van der Waals surface area contributed by atoms with Crippen molar-refractivity contribution < 1.29 is 0 Å². The first-order valence-electron chi connectivity index (χ1n) is 6.11. The number of benzene rings is 1. The predicted octanol–water partition coefficient (Wildman–Crippen LogP) is 4.43. The summed E-state index contributed by atoms with van der Waals surface area (Å²) in [5.41, 5.74) is 1.28. The van der Waals surface area contributed by atoms with Gasteiger partial charge >= 0.3 is 0 Å². The van der Waals surface area contributed by atoms with Crippen LogP contribution in [0.15, 0.2) is 31.9 Å². The van der Waals surface area contributed by atoms with Crippen LogP contribution in [0.5, 0.6) is 0 Å². The first kappa shape index (κ1) is 15.0. The van der Waals surface area contributed by atoms with Gasteiger partial charge in [-0.25, -0.2) is 0 Å². The van der Waals surface area contributed by atoms with Crippen LogP contribution >= 0.6 is 39.0 Å². The number of nitrogens with one attached hydrogen (secondary N) is 1. The number of hydrogen-bond donors (Lipinski definition) is 1. The molecule has 0 amide bonds. The van der Waals surface area contributed by atoms with Crippen LogP contribution in [0.25, 0.3) is 0 Å². The van der Waals surface area contributed by atoms with Crippen LogP contribution < -0.4 is 5.32 Å². The van der Waals surface area contributed by atoms with E-state index in [2.05, 4.69) is 63.5 Å². The second-order valence-electron chi connectivity index (χ2n) is 4.15. The van der Waals surface area contributed by atoms with Crippen LogP contribution in [0, 0.1) is 6.92 Å². The molecule has 0 saturated carbocycles. The standard InChI is InChI=1S/C13H16BrN3S2/c1-4-15-8(2)11-6-5-10(7-12(11)14)19-13-17-16-9(3)18-13/h5-8,15H,4H2,1-3H3. The predicted molar refractivity (Wildman–Crippen MR) is 85.0 cm³/mol. The maximum absolute atomic E-state index is 4.13. The van der Waals surface area contributed by atoms with Crippen LogP contribution in [-0.4, -0.2) is 16.7 Å². The van der Waals surface area contributed by atoms with Crippen molar-refractivity contribution in [1.82, 2.24) is 15.5 Å². The first-order chi connectivity index (χ1) is 9.10. The lowest BCUT2D eigenvalue weighted by atomic mass is 10.1. The summed E-state index contributed by atoms with van der Waals surface area (Å²) in [6, 6.07) is 6.79. The van der Waals surface area contributed by atoms with Crippen LogP contribution in [0.4, 0.5) is 0 Å². The van der Waals surface area contributed by atoms with E-state index in [1.54, 1.807) is 23.1 Å². The number of nitrogens with zero attached hydrogens (tertiary/aromatic N) is 2. The second kappa shape index (κ2) is 6.83. The summed E-state index contributed by atoms with van der Waals surface area (Å²) in [6.45, 7) is 7.23. The van der Waals surface area contributed by atoms with Gasteiger partial charge in [-0.3, -0.25) is 0 Å². The molecule has 1 atom stereocenters. The van der Waals surface area contributed by atoms with Gasteiger partial charge in [-0.15, -0.1) is 10.2 Å². The number of rotatable bonds is 5. The zero-order chi connectivity index (χ0) is 13.8. The Hall–Kier alpha value is -0.430. The van der Waals surface area contributed by atoms with Gasteiger partial charge in [-0.2, -0.15) is 0 Å². The van der Waals surface area contributed by atoms with E-state index in [0.717, 1.165) is 20.4 Å². The van der Waals surface area contributed by atoms with Crippen molar-refractivity contribution in [3.8, 4) is 0 Å². The van der Waals surface area contributed by atoms with Gasteiger partial charge in [-0.05, 0) is 38.1 Å². The summed E-state index contributed by atoms with van der Waals surface area (Å²) in [5, 5.41) is 12.6. The normalized spacial score (nSPS) is 12.6. The largest absolute Gasteiger partial charge is 0.310 e. The Morgan fingerprint density at radius 1 is 1.42 bits per heavy atom. The number of hydrogen-bond acceptors (Lipinski definition) is 5. The molecule has 19 heavy (non-hydrogen) atoms. The van der Waals surface area contributed by atoms with Gasteiger partial charge in [0.2, 0.25) is 0 Å². The van der Waals surface area contributed by atoms with Crippen molar-refractivity contribution in [3.63, 3.8) is 0 Å². The highest BCUT2D eigenvalue weighted by Crippen LogP contribution is 2.34. The molecule has 1 aromatic carbocycles. The van der Waals surface area contributed by atoms with Crippen molar-refractivity contribution in [2.24, 2.45) is 0 Å². The zero-order valence-electron chi connectivity index (χ0n) is 11.1. The molecule has 3 nitrogen and oxygen atoms in total. The minimum absolute atomic E-state index is 0.349. The van der Waals surface area contributed by atoms with Crippen LogP contribution in [0.3, 0.4) is 0 Å². The average molecular weight is 358 g/mol. The van der Waals surface area contributed by atoms with Crippen molar-refractivity contribution in [2.45, 2.75) is 36.0 Å². The molecule has 6 heteroatoms. The summed E-state index contributed by atoms with van der Waals surface area (Å²) in [7, 11) is 0. The van der Waals surface area contributed by atoms with Crippen LogP contribution in [-0.2, 0) is 0 Å². The smallest absolute Gasteiger partial charge is 0.179 e. The molecule has 0 aliphatic carbocycles. The van der Waals surface area contributed by atoms with E-state index in [0.29, 0.717) is 6.04 Å². The van der Waals surface area contributed by atoms with Gasteiger partial charge in [0.1, 0.15) is 5.01 Å². The molecule has 2 rings (SSSR count). The molecule has 0 radical (unpaired) electrons. The lowest BCUT2D eigenvalue weighted by Gasteiger charge is -2.15. The molecule has 0 aliphatic heterocycles. The maximum atomic E-state index is 4.13. The summed E-state index contributed by atoms with van der Waals surface area (Å²) >= 11 is 6.92. The Balaban J connectivity index is 2.14. The number of aryl methyl sites for hydroxylation is 1. The molecule has 0 aliphatic rings. The molecule has 2 aromatic rings. The van der Waals surface area contributed by atoms with Crippen molar-refractivity contribution in [3.05, 3.63) is 33.2 Å². The monoisotopic (exact) mass is 357 g/mol. The Kier molecular flexibility index (Phi) is 5.38. The third kappa shape index (κ3) is 4.02. The maximum Gasteiger partial charge on any atom is 0.179 e. The van der Waals surface area contributed by atoms with Crippen molar-refractivity contribution >= 4 is 39.0 Å². The van der Waals surface area contributed by atoms with Gasteiger partial charge in [0, 0.05) is 15.4 Å². The lowest BCUT2D eigenvalue weighted by molar-refractivity contribution is 0.595. The van der Waals surface area contributed by atoms with Gasteiger partial charge in [0.25, 0.3) is 0 Å². The average Bonchev–Trinajstić information content (AvgIpc) is 2.75. The Morgan fingerprint density at radius 2 is 2.21 bits per heavy atom. The summed E-state index contributed by atoms with van der Waals surface area (Å²) in [6.07, 6.45) is 0. The third-order valence-electron chi connectivity index (χ3n) is 2.66. The SMILES string of the molecule is CCNC(C)c1ccc(Sc2nnc(C)s2)cc1Br. The fourth-order valence-electron chi connectivity index (χ4n) is 1.76. The fraction of sp³-hybridized carbons (Fsp3) is 0.385. The van der Waals surface area contributed by atoms with E-state index >= 15 is 0 Å². The first-order valence-corrected chi connectivity index (χ1v) is 8.53. The minimum Gasteiger partial charge on any atom is -0.310 e. The van der Waals surface area contributed by atoms with Gasteiger partial charge in [0.05, 0.1) is 0 Å². The molecule has 0 fully saturated rings. The molecule has 1 N–H and O–H groups in total. The fourth-order valence-corrected chi connectivity index (χ4v) is 4.46. The molecular weight excluding hydrogens is 342 g/mol. The topological polar surface area (TPSA) is 37.8 Å². The Morgan fingerprint density at radius 3 is 2.79 bits per heavy atom. The summed E-state index contributed by atoms with van der Waals surface area (Å²) in [4.78, 5) is 1.18. The van der Waals surface area contributed by atoms with E-state index in [4.69, 9.17) is 0 Å². The van der Waals surface area contributed by atoms with E-state index in [1.165, 1.54) is 10.5 Å². The molecule has 0 spiro atoms. The highest BCUT2D eigenvalue weighted by Gasteiger charge is 2.10. The molecule has 102 valence electrons. The molecule has 1 aromatic heterocycles. The van der Waals surface area contributed by atoms with Gasteiger partial charge in [-0.1, -0.05) is 52.0 Å². The molecular formula is C13H16BrN3S2. The zero-order valence-corrected chi connectivity index (χ0v) is 14.3. The molecule has 1 unspecified atom stereocenters. The van der Waals surface area contributed by atoms with Gasteiger partial charge in [0.15, 0.2) is 4.34 Å². The molecule has 0 saturated heterocycles. The quantitative estimate of drug-likeness (QED) is 0.858. The van der Waals surface area contributed by atoms with E-state index < -0.39 is 0 Å². The van der Waals surface area contributed by atoms with Crippen LogP contribution in [0.2, 0.25) is 0 Å². The van der Waals surface area contributed by atoms with E-state index in [1.807, 2.05) is 6.92 Å². The Bertz CT molecular complexity index is 557. The molecule has 1 heterocycles. The summed E-state index contributed by atoms with van der Waals surface area (Å²) < 4.78 is 2.11. The highest BCUT2D eigenvalue weighted by molar-refractivity contribution is 9.10. The Labute approximate surface area is 130 Å². The van der Waals surface area contributed by atoms with Crippen molar-refractivity contribution in [1.29, 1.82) is 0 Å². The lowest BCUT2D eigenvalue weighted by Crippen LogP contribution is -2.17. The second-order valence-corrected chi connectivity index (χ2v) is 7.51. The highest BCUT2D eigenvalue weighted by atomic mass is 79.9. The van der Waals surface area contributed by atoms with Gasteiger partial charge < -0.3 is 5.32 Å². The number of aromatic nitrogens is 2. The minimum atomic E-state index is 0.349. The van der Waals surface area contributed by atoms with E-state index in [-0.39, 0.29) is 0 Å². The molecule has 0 bridgehead atoms. The number of halogens is 1. The van der Waals surface area contributed by atoms with Crippen molar-refractivity contribution in [2.75, 3.05) is 6.54 Å².